The Labute approximate surface area is 224 Å². The van der Waals surface area contributed by atoms with E-state index in [2.05, 4.69) is 20.7 Å². The summed E-state index contributed by atoms with van der Waals surface area (Å²) in [7, 11) is 0. The van der Waals surface area contributed by atoms with Crippen LogP contribution in [-0.2, 0) is 11.3 Å². The largest absolute Gasteiger partial charge is 0.380 e. The van der Waals surface area contributed by atoms with Gasteiger partial charge in [0, 0.05) is 25.6 Å². The predicted octanol–water partition coefficient (Wildman–Crippen LogP) is 3.97. The molecule has 1 fully saturated rings. The minimum Gasteiger partial charge on any atom is -0.380 e. The Hall–Kier alpha value is -3.31. The standard InChI is InChI=1S/C28H33F4N5O2/c1-27(2,3)23(28(4,39)26(38)34-13-17-12-33-14-22(17)32)25-35-24(20-11-19(30)8-9-21(20)31)36-37(25)15-16-6-5-7-18(29)10-16/h5-11,17,22-23,33,39H,12-15H2,1-4H3,(H,34,38)/t17-,22-,23-,28?/m0/s1. The summed E-state index contributed by atoms with van der Waals surface area (Å²) in [6.07, 6.45) is -1.12. The number of rotatable bonds is 8. The van der Waals surface area contributed by atoms with E-state index < -0.39 is 52.4 Å². The maximum absolute atomic E-state index is 14.7. The highest BCUT2D eigenvalue weighted by Crippen LogP contribution is 2.43. The number of halogens is 4. The van der Waals surface area contributed by atoms with Crippen molar-refractivity contribution >= 4 is 5.91 Å². The molecule has 39 heavy (non-hydrogen) atoms. The van der Waals surface area contributed by atoms with Crippen molar-refractivity contribution in [1.29, 1.82) is 0 Å². The Morgan fingerprint density at radius 3 is 2.49 bits per heavy atom. The first-order valence-corrected chi connectivity index (χ1v) is 12.8. The molecule has 7 nitrogen and oxygen atoms in total. The molecule has 3 N–H and O–H groups in total. The molecule has 2 heterocycles. The molecule has 1 amide bonds. The monoisotopic (exact) mass is 547 g/mol. The lowest BCUT2D eigenvalue weighted by atomic mass is 9.70. The highest BCUT2D eigenvalue weighted by atomic mass is 19.1. The van der Waals surface area contributed by atoms with Gasteiger partial charge in [0.05, 0.1) is 18.0 Å². The van der Waals surface area contributed by atoms with Gasteiger partial charge in [-0.15, -0.1) is 0 Å². The van der Waals surface area contributed by atoms with Crippen LogP contribution >= 0.6 is 0 Å². The van der Waals surface area contributed by atoms with Crippen LogP contribution in [0.5, 0.6) is 0 Å². The number of nitrogens with one attached hydrogen (secondary N) is 2. The molecule has 210 valence electrons. The Bertz CT molecular complexity index is 1340. The first-order chi connectivity index (χ1) is 18.3. The summed E-state index contributed by atoms with van der Waals surface area (Å²) in [5.74, 6) is -4.14. The van der Waals surface area contributed by atoms with Gasteiger partial charge in [-0.25, -0.2) is 27.2 Å². The topological polar surface area (TPSA) is 92.1 Å². The van der Waals surface area contributed by atoms with Gasteiger partial charge in [-0.05, 0) is 48.2 Å². The minimum atomic E-state index is -2.07. The van der Waals surface area contributed by atoms with E-state index in [1.165, 1.54) is 29.8 Å². The molecule has 0 radical (unpaired) electrons. The van der Waals surface area contributed by atoms with E-state index >= 15 is 0 Å². The third-order valence-corrected chi connectivity index (χ3v) is 7.02. The molecule has 1 aliphatic rings. The van der Waals surface area contributed by atoms with Crippen molar-refractivity contribution in [2.24, 2.45) is 11.3 Å². The zero-order chi connectivity index (χ0) is 28.5. The summed E-state index contributed by atoms with van der Waals surface area (Å²) < 4.78 is 58.1. The Morgan fingerprint density at radius 2 is 1.85 bits per heavy atom. The molecule has 11 heteroatoms. The van der Waals surface area contributed by atoms with E-state index in [-0.39, 0.29) is 36.8 Å². The van der Waals surface area contributed by atoms with Gasteiger partial charge in [0.1, 0.15) is 29.4 Å². The third kappa shape index (κ3) is 6.30. The fourth-order valence-corrected chi connectivity index (χ4v) is 5.19. The molecule has 1 aromatic heterocycles. The normalized spacial score (nSPS) is 20.0. The Kier molecular flexibility index (Phi) is 8.13. The molecule has 4 rings (SSSR count). The molecule has 3 aromatic rings. The number of nitrogens with zero attached hydrogens (tertiary/aromatic N) is 3. The van der Waals surface area contributed by atoms with Crippen LogP contribution in [-0.4, -0.2) is 57.2 Å². The lowest BCUT2D eigenvalue weighted by molar-refractivity contribution is -0.144. The maximum atomic E-state index is 14.7. The molecule has 0 aliphatic carbocycles. The highest BCUT2D eigenvalue weighted by molar-refractivity contribution is 5.85. The van der Waals surface area contributed by atoms with Gasteiger partial charge in [-0.1, -0.05) is 32.9 Å². The second-order valence-corrected chi connectivity index (χ2v) is 11.3. The van der Waals surface area contributed by atoms with Crippen LogP contribution < -0.4 is 10.6 Å². The van der Waals surface area contributed by atoms with Crippen molar-refractivity contribution in [3.05, 3.63) is 71.3 Å². The summed E-state index contributed by atoms with van der Waals surface area (Å²) in [6.45, 7) is 7.32. The van der Waals surface area contributed by atoms with Gasteiger partial charge in [-0.3, -0.25) is 4.79 Å². The number of carbonyl (C=O) groups excluding carboxylic acids is 1. The number of aliphatic hydroxyl groups is 1. The van der Waals surface area contributed by atoms with Crippen LogP contribution in [0.25, 0.3) is 11.4 Å². The smallest absolute Gasteiger partial charge is 0.252 e. The molecule has 2 aromatic carbocycles. The Balaban J connectivity index is 1.78. The molecule has 1 saturated heterocycles. The molecule has 0 spiro atoms. The van der Waals surface area contributed by atoms with Crippen molar-refractivity contribution in [2.45, 2.75) is 51.9 Å². The van der Waals surface area contributed by atoms with Gasteiger partial charge in [0.2, 0.25) is 0 Å². The van der Waals surface area contributed by atoms with Crippen LogP contribution in [0.15, 0.2) is 42.5 Å². The van der Waals surface area contributed by atoms with Gasteiger partial charge in [0.15, 0.2) is 11.4 Å². The average Bonchev–Trinajstić information content (AvgIpc) is 3.43. The first kappa shape index (κ1) is 28.7. The zero-order valence-corrected chi connectivity index (χ0v) is 22.3. The maximum Gasteiger partial charge on any atom is 0.252 e. The van der Waals surface area contributed by atoms with Gasteiger partial charge < -0.3 is 15.7 Å². The van der Waals surface area contributed by atoms with E-state index in [9.17, 15) is 27.5 Å². The van der Waals surface area contributed by atoms with Gasteiger partial charge >= 0.3 is 0 Å². The molecule has 4 atom stereocenters. The van der Waals surface area contributed by atoms with E-state index in [4.69, 9.17) is 0 Å². The van der Waals surface area contributed by atoms with E-state index in [1.807, 2.05) is 0 Å². The summed E-state index contributed by atoms with van der Waals surface area (Å²) in [6, 6.07) is 8.66. The van der Waals surface area contributed by atoms with Crippen molar-refractivity contribution in [3.8, 4) is 11.4 Å². The van der Waals surface area contributed by atoms with E-state index in [1.54, 1.807) is 26.8 Å². The van der Waals surface area contributed by atoms with Crippen molar-refractivity contribution in [2.75, 3.05) is 19.6 Å². The molecule has 0 saturated carbocycles. The van der Waals surface area contributed by atoms with Gasteiger partial charge in [0.25, 0.3) is 5.91 Å². The second-order valence-electron chi connectivity index (χ2n) is 11.3. The third-order valence-electron chi connectivity index (χ3n) is 7.02. The molecule has 1 aliphatic heterocycles. The van der Waals surface area contributed by atoms with Gasteiger partial charge in [-0.2, -0.15) is 5.10 Å². The van der Waals surface area contributed by atoms with E-state index in [0.29, 0.717) is 12.1 Å². The van der Waals surface area contributed by atoms with Crippen LogP contribution in [0.3, 0.4) is 0 Å². The number of alkyl halides is 1. The Morgan fingerprint density at radius 1 is 1.13 bits per heavy atom. The first-order valence-electron chi connectivity index (χ1n) is 12.8. The fourth-order valence-electron chi connectivity index (χ4n) is 5.19. The number of hydrogen-bond donors (Lipinski definition) is 3. The summed E-state index contributed by atoms with van der Waals surface area (Å²) >= 11 is 0. The number of aromatic nitrogens is 3. The lowest BCUT2D eigenvalue weighted by Gasteiger charge is -2.39. The quantitative estimate of drug-likeness (QED) is 0.372. The minimum absolute atomic E-state index is 0.0153. The predicted molar refractivity (Wildman–Crippen MR) is 138 cm³/mol. The number of hydrogen-bond acceptors (Lipinski definition) is 5. The second kappa shape index (κ2) is 11.1. The summed E-state index contributed by atoms with van der Waals surface area (Å²) in [5, 5.41) is 21.7. The lowest BCUT2D eigenvalue weighted by Crippen LogP contribution is -2.54. The highest BCUT2D eigenvalue weighted by Gasteiger charge is 2.49. The fraction of sp³-hybridized carbons (Fsp3) is 0.464. The summed E-state index contributed by atoms with van der Waals surface area (Å²) in [4.78, 5) is 17.9. The molecule has 0 bridgehead atoms. The zero-order valence-electron chi connectivity index (χ0n) is 22.3. The van der Waals surface area contributed by atoms with Crippen molar-refractivity contribution in [1.82, 2.24) is 25.4 Å². The van der Waals surface area contributed by atoms with Crippen LogP contribution in [0.2, 0.25) is 0 Å². The van der Waals surface area contributed by atoms with Crippen LogP contribution in [0.4, 0.5) is 17.6 Å². The van der Waals surface area contributed by atoms with Crippen molar-refractivity contribution in [3.63, 3.8) is 0 Å². The summed E-state index contributed by atoms with van der Waals surface area (Å²) in [5.41, 5.74) is -2.57. The number of benzene rings is 2. The average molecular weight is 548 g/mol. The van der Waals surface area contributed by atoms with Crippen LogP contribution in [0, 0.1) is 28.8 Å². The molecular formula is C28H33F4N5O2. The number of amides is 1. The molecule has 1 unspecified atom stereocenters. The van der Waals surface area contributed by atoms with Crippen molar-refractivity contribution < 1.29 is 27.5 Å². The van der Waals surface area contributed by atoms with Crippen LogP contribution in [0.1, 0.15) is 45.0 Å². The SMILES string of the molecule is CC(C)(C)[C@H](c1nc(-c2cc(F)ccc2F)nn1Cc1cccc(F)c1)C(C)(O)C(=O)NC[C@@H]1CNC[C@@H]1F. The van der Waals surface area contributed by atoms with E-state index in [0.717, 1.165) is 18.2 Å². The molecular weight excluding hydrogens is 514 g/mol. The number of carbonyl (C=O) groups is 1.